The molecule has 0 bridgehead atoms. The zero-order valence-corrected chi connectivity index (χ0v) is 17.3. The van der Waals surface area contributed by atoms with E-state index in [1.807, 2.05) is 47.8 Å². The first-order valence-corrected chi connectivity index (χ1v) is 10.3. The van der Waals surface area contributed by atoms with Crippen molar-refractivity contribution in [3.63, 3.8) is 0 Å². The van der Waals surface area contributed by atoms with E-state index in [1.165, 1.54) is 0 Å². The van der Waals surface area contributed by atoms with Crippen molar-refractivity contribution in [1.82, 2.24) is 19.2 Å². The molecule has 0 N–H and O–H groups in total. The second-order valence-electron chi connectivity index (χ2n) is 7.96. The molecule has 1 saturated heterocycles. The zero-order valence-electron chi connectivity index (χ0n) is 16.5. The Labute approximate surface area is 163 Å². The Bertz CT molecular complexity index is 779. The molecule has 0 spiro atoms. The van der Waals surface area contributed by atoms with Gasteiger partial charge in [-0.3, -0.25) is 9.20 Å². The summed E-state index contributed by atoms with van der Waals surface area (Å²) < 4.78 is 7.43. The third kappa shape index (κ3) is 4.80. The third-order valence-electron chi connectivity index (χ3n) is 4.55. The zero-order chi connectivity index (χ0) is 19.6. The second-order valence-corrected chi connectivity index (χ2v) is 8.83. The van der Waals surface area contributed by atoms with Crippen molar-refractivity contribution < 1.29 is 14.3 Å². The molecular formula is C19H28N4O3S. The van der Waals surface area contributed by atoms with Crippen LogP contribution in [0, 0.1) is 0 Å². The van der Waals surface area contributed by atoms with Crippen molar-refractivity contribution in [2.75, 3.05) is 19.6 Å². The van der Waals surface area contributed by atoms with Crippen LogP contribution >= 0.6 is 11.3 Å². The van der Waals surface area contributed by atoms with Gasteiger partial charge in [0.25, 0.3) is 0 Å². The van der Waals surface area contributed by atoms with Gasteiger partial charge >= 0.3 is 6.09 Å². The average Bonchev–Trinajstić information content (AvgIpc) is 3.14. The smallest absolute Gasteiger partial charge is 0.410 e. The number of imidazole rings is 1. The summed E-state index contributed by atoms with van der Waals surface area (Å²) >= 11 is 1.56. The van der Waals surface area contributed by atoms with E-state index in [4.69, 9.17) is 4.74 Å². The lowest BCUT2D eigenvalue weighted by atomic mass is 10.1. The number of fused-ring (bicyclic) bond motifs is 1. The molecule has 148 valence electrons. The molecule has 3 heterocycles. The van der Waals surface area contributed by atoms with Crippen molar-refractivity contribution in [2.24, 2.45) is 0 Å². The van der Waals surface area contributed by atoms with Gasteiger partial charge in [-0.25, -0.2) is 9.78 Å². The van der Waals surface area contributed by atoms with Gasteiger partial charge in [-0.05, 0) is 27.2 Å². The maximum Gasteiger partial charge on any atom is 0.410 e. The van der Waals surface area contributed by atoms with Gasteiger partial charge in [-0.1, -0.05) is 13.3 Å². The maximum atomic E-state index is 12.9. The molecule has 8 heteroatoms. The van der Waals surface area contributed by atoms with Crippen molar-refractivity contribution in [3.05, 3.63) is 23.5 Å². The molecule has 0 aliphatic carbocycles. The minimum Gasteiger partial charge on any atom is -0.444 e. The summed E-state index contributed by atoms with van der Waals surface area (Å²) in [6.07, 6.45) is 5.67. The topological polar surface area (TPSA) is 67.2 Å². The molecule has 1 aliphatic heterocycles. The van der Waals surface area contributed by atoms with Gasteiger partial charge in [0.1, 0.15) is 5.60 Å². The van der Waals surface area contributed by atoms with Crippen LogP contribution in [0.4, 0.5) is 4.79 Å². The van der Waals surface area contributed by atoms with Crippen LogP contribution in [-0.4, -0.2) is 62.5 Å². The number of nitrogens with zero attached hydrogens (tertiary/aromatic N) is 4. The van der Waals surface area contributed by atoms with Gasteiger partial charge in [-0.2, -0.15) is 0 Å². The molecular weight excluding hydrogens is 364 g/mol. The average molecular weight is 393 g/mol. The number of piperazine rings is 1. The van der Waals surface area contributed by atoms with Crippen molar-refractivity contribution in [2.45, 2.75) is 58.6 Å². The number of carbonyl (C=O) groups excluding carboxylic acids is 2. The monoisotopic (exact) mass is 392 g/mol. The van der Waals surface area contributed by atoms with Crippen LogP contribution in [-0.2, 0) is 16.0 Å². The van der Waals surface area contributed by atoms with Crippen molar-refractivity contribution in [1.29, 1.82) is 0 Å². The molecule has 3 rings (SSSR count). The van der Waals surface area contributed by atoms with Gasteiger partial charge in [0.05, 0.1) is 12.1 Å². The first-order chi connectivity index (χ1) is 12.8. The van der Waals surface area contributed by atoms with Crippen LogP contribution in [0.25, 0.3) is 4.96 Å². The first-order valence-electron chi connectivity index (χ1n) is 9.45. The van der Waals surface area contributed by atoms with Gasteiger partial charge in [0, 0.05) is 43.4 Å². The molecule has 7 nitrogen and oxygen atoms in total. The summed E-state index contributed by atoms with van der Waals surface area (Å²) in [6, 6.07) is 0.0208. The molecule has 0 saturated carbocycles. The largest absolute Gasteiger partial charge is 0.444 e. The van der Waals surface area contributed by atoms with Gasteiger partial charge in [0.2, 0.25) is 5.91 Å². The Kier molecular flexibility index (Phi) is 5.74. The summed E-state index contributed by atoms with van der Waals surface area (Å²) in [6.45, 7) is 9.24. The van der Waals surface area contributed by atoms with Crippen LogP contribution < -0.4 is 0 Å². The lowest BCUT2D eigenvalue weighted by Crippen LogP contribution is -2.57. The Morgan fingerprint density at radius 2 is 2.11 bits per heavy atom. The summed E-state index contributed by atoms with van der Waals surface area (Å²) in [5, 5.41) is 1.97. The van der Waals surface area contributed by atoms with Gasteiger partial charge < -0.3 is 14.5 Å². The highest BCUT2D eigenvalue weighted by Gasteiger charge is 2.34. The molecule has 0 unspecified atom stereocenters. The van der Waals surface area contributed by atoms with E-state index in [-0.39, 0.29) is 18.0 Å². The summed E-state index contributed by atoms with van der Waals surface area (Å²) in [7, 11) is 0. The predicted octanol–water partition coefficient (Wildman–Crippen LogP) is 3.19. The number of hydrogen-bond donors (Lipinski definition) is 0. The fraction of sp³-hybridized carbons (Fsp3) is 0.632. The minimum atomic E-state index is -0.516. The molecule has 0 radical (unpaired) electrons. The van der Waals surface area contributed by atoms with E-state index in [1.54, 1.807) is 16.2 Å². The van der Waals surface area contributed by atoms with E-state index in [9.17, 15) is 9.59 Å². The molecule has 1 atom stereocenters. The highest BCUT2D eigenvalue weighted by atomic mass is 32.1. The SMILES string of the molecule is CCC[C@H]1CN(C(=O)OC(C)(C)C)CCN1C(=O)Cc1cn2ccsc2n1. The van der Waals surface area contributed by atoms with Crippen LogP contribution in [0.2, 0.25) is 0 Å². The van der Waals surface area contributed by atoms with Crippen LogP contribution in [0.15, 0.2) is 17.8 Å². The quantitative estimate of drug-likeness (QED) is 0.801. The lowest BCUT2D eigenvalue weighted by Gasteiger charge is -2.41. The number of carbonyl (C=O) groups is 2. The minimum absolute atomic E-state index is 0.0208. The molecule has 2 aromatic heterocycles. The number of aromatic nitrogens is 2. The number of thiazole rings is 1. The number of hydrogen-bond acceptors (Lipinski definition) is 5. The lowest BCUT2D eigenvalue weighted by molar-refractivity contribution is -0.135. The number of rotatable bonds is 4. The Hall–Kier alpha value is -2.09. The molecule has 0 aromatic carbocycles. The molecule has 1 aliphatic rings. The van der Waals surface area contributed by atoms with Crippen molar-refractivity contribution in [3.8, 4) is 0 Å². The van der Waals surface area contributed by atoms with Crippen LogP contribution in [0.1, 0.15) is 46.2 Å². The predicted molar refractivity (Wildman–Crippen MR) is 105 cm³/mol. The van der Waals surface area contributed by atoms with E-state index < -0.39 is 5.60 Å². The fourth-order valence-corrected chi connectivity index (χ4v) is 4.09. The molecule has 1 fully saturated rings. The summed E-state index contributed by atoms with van der Waals surface area (Å²) in [5.74, 6) is 0.0723. The highest BCUT2D eigenvalue weighted by Crippen LogP contribution is 2.19. The Morgan fingerprint density at radius 3 is 2.78 bits per heavy atom. The second kappa shape index (κ2) is 7.88. The van der Waals surface area contributed by atoms with E-state index in [0.717, 1.165) is 23.5 Å². The van der Waals surface area contributed by atoms with E-state index in [0.29, 0.717) is 26.1 Å². The van der Waals surface area contributed by atoms with E-state index in [2.05, 4.69) is 11.9 Å². The summed E-state index contributed by atoms with van der Waals surface area (Å²) in [4.78, 5) is 34.3. The van der Waals surface area contributed by atoms with Gasteiger partial charge in [-0.15, -0.1) is 11.3 Å². The molecule has 2 amide bonds. The fourth-order valence-electron chi connectivity index (χ4n) is 3.37. The number of amides is 2. The maximum absolute atomic E-state index is 12.9. The summed E-state index contributed by atoms with van der Waals surface area (Å²) in [5.41, 5.74) is 0.273. The Balaban J connectivity index is 1.65. The normalized spacial score (nSPS) is 18.1. The molecule has 2 aromatic rings. The van der Waals surface area contributed by atoms with Crippen LogP contribution in [0.5, 0.6) is 0 Å². The standard InChI is InChI=1S/C19H28N4O3S/c1-5-6-15-13-22(18(25)26-19(2,3)4)7-8-23(15)16(24)11-14-12-21-9-10-27-17(21)20-14/h9-10,12,15H,5-8,11,13H2,1-4H3/t15-/m0/s1. The molecule has 27 heavy (non-hydrogen) atoms. The highest BCUT2D eigenvalue weighted by molar-refractivity contribution is 7.15. The Morgan fingerprint density at radius 1 is 1.33 bits per heavy atom. The van der Waals surface area contributed by atoms with Crippen LogP contribution in [0.3, 0.4) is 0 Å². The number of ether oxygens (including phenoxy) is 1. The van der Waals surface area contributed by atoms with E-state index >= 15 is 0 Å². The first kappa shape index (κ1) is 19.7. The third-order valence-corrected chi connectivity index (χ3v) is 5.32. The van der Waals surface area contributed by atoms with Crippen molar-refractivity contribution >= 4 is 28.3 Å². The van der Waals surface area contributed by atoms with Gasteiger partial charge in [0.15, 0.2) is 4.96 Å².